The largest absolute Gasteiger partial charge is 0.465 e. The number of benzene rings is 3. The number of ether oxygens (including phenoxy) is 1. The van der Waals surface area contributed by atoms with Crippen molar-refractivity contribution < 1.29 is 9.53 Å². The maximum absolute atomic E-state index is 11.8. The summed E-state index contributed by atoms with van der Waals surface area (Å²) >= 11 is 0. The van der Waals surface area contributed by atoms with Crippen molar-refractivity contribution in [3.8, 4) is 5.69 Å². The van der Waals surface area contributed by atoms with E-state index < -0.39 is 0 Å². The van der Waals surface area contributed by atoms with Crippen LogP contribution in [0.5, 0.6) is 0 Å². The van der Waals surface area contributed by atoms with Gasteiger partial charge in [-0.2, -0.15) is 0 Å². The fourth-order valence-electron chi connectivity index (χ4n) is 3.19. The van der Waals surface area contributed by atoms with Crippen LogP contribution < -0.4 is 0 Å². The molecule has 0 spiro atoms. The second-order valence-corrected chi connectivity index (χ2v) is 6.59. The molecule has 0 amide bonds. The number of esters is 1. The van der Waals surface area contributed by atoms with E-state index in [2.05, 4.69) is 39.9 Å². The van der Waals surface area contributed by atoms with Gasteiger partial charge in [0.2, 0.25) is 0 Å². The number of aliphatic imine (C=N–C) groups is 1. The topological polar surface area (TPSA) is 43.6 Å². The van der Waals surface area contributed by atoms with E-state index in [1.165, 1.54) is 17.9 Å². The molecule has 4 heteroatoms. The number of hydrogen-bond donors (Lipinski definition) is 0. The number of nitrogens with zero attached hydrogens (tertiary/aromatic N) is 2. The van der Waals surface area contributed by atoms with E-state index in [1.807, 2.05) is 49.7 Å². The molecular weight excluding hydrogens is 348 g/mol. The molecule has 4 rings (SSSR count). The summed E-state index contributed by atoms with van der Waals surface area (Å²) in [7, 11) is 1.38. The normalized spacial score (nSPS) is 11.2. The van der Waals surface area contributed by atoms with E-state index in [0.717, 1.165) is 22.6 Å². The molecule has 0 saturated heterocycles. The number of hydrogen-bond acceptors (Lipinski definition) is 3. The van der Waals surface area contributed by atoms with Gasteiger partial charge in [0.05, 0.1) is 30.3 Å². The second kappa shape index (κ2) is 7.53. The van der Waals surface area contributed by atoms with Crippen molar-refractivity contribution in [2.45, 2.75) is 6.92 Å². The molecule has 0 bridgehead atoms. The van der Waals surface area contributed by atoms with Gasteiger partial charge in [0, 0.05) is 11.9 Å². The summed E-state index contributed by atoms with van der Waals surface area (Å²) in [6.07, 6.45) is 3.84. The summed E-state index contributed by atoms with van der Waals surface area (Å²) in [6, 6.07) is 24.1. The van der Waals surface area contributed by atoms with Crippen LogP contribution in [0.3, 0.4) is 0 Å². The van der Waals surface area contributed by atoms with E-state index >= 15 is 0 Å². The Labute approximate surface area is 163 Å². The standard InChI is InChI=1S/C24H20N2O2/c1-17-9-10-20(24(27)28-2)15-23(17)25-16-22-8-5-13-26(22)21-12-11-18-6-3-4-7-19(18)14-21/h3-16H,1-2H3. The first-order valence-corrected chi connectivity index (χ1v) is 9.05. The molecule has 0 saturated carbocycles. The highest BCUT2D eigenvalue weighted by Gasteiger charge is 2.08. The highest BCUT2D eigenvalue weighted by Crippen LogP contribution is 2.22. The summed E-state index contributed by atoms with van der Waals surface area (Å²) in [4.78, 5) is 16.4. The number of rotatable bonds is 4. The summed E-state index contributed by atoms with van der Waals surface area (Å²) in [5.41, 5.74) is 4.26. The Hall–Kier alpha value is -3.66. The lowest BCUT2D eigenvalue weighted by Crippen LogP contribution is -2.01. The second-order valence-electron chi connectivity index (χ2n) is 6.59. The molecule has 0 N–H and O–H groups in total. The van der Waals surface area contributed by atoms with Crippen molar-refractivity contribution in [3.05, 3.63) is 95.8 Å². The monoisotopic (exact) mass is 368 g/mol. The zero-order chi connectivity index (χ0) is 19.5. The van der Waals surface area contributed by atoms with Gasteiger partial charge in [-0.3, -0.25) is 4.99 Å². The van der Waals surface area contributed by atoms with Crippen LogP contribution in [0.4, 0.5) is 5.69 Å². The van der Waals surface area contributed by atoms with Crippen molar-refractivity contribution in [2.75, 3.05) is 7.11 Å². The minimum atomic E-state index is -0.365. The molecule has 0 unspecified atom stereocenters. The molecule has 4 aromatic rings. The molecule has 0 aliphatic carbocycles. The van der Waals surface area contributed by atoms with Crippen LogP contribution in [-0.2, 0) is 4.74 Å². The smallest absolute Gasteiger partial charge is 0.337 e. The Morgan fingerprint density at radius 3 is 2.61 bits per heavy atom. The van der Waals surface area contributed by atoms with Gasteiger partial charge in [-0.15, -0.1) is 0 Å². The fraction of sp³-hybridized carbons (Fsp3) is 0.0833. The van der Waals surface area contributed by atoms with Crippen molar-refractivity contribution in [1.82, 2.24) is 4.57 Å². The van der Waals surface area contributed by atoms with Crippen LogP contribution in [0, 0.1) is 6.92 Å². The SMILES string of the molecule is COC(=O)c1ccc(C)c(N=Cc2cccn2-c2ccc3ccccc3c2)c1. The van der Waals surface area contributed by atoms with Crippen molar-refractivity contribution in [2.24, 2.45) is 4.99 Å². The summed E-state index contributed by atoms with van der Waals surface area (Å²) in [5, 5.41) is 2.40. The number of aryl methyl sites for hydroxylation is 1. The van der Waals surface area contributed by atoms with Gasteiger partial charge in [0.1, 0.15) is 0 Å². The fourth-order valence-corrected chi connectivity index (χ4v) is 3.19. The van der Waals surface area contributed by atoms with Crippen molar-refractivity contribution in [3.63, 3.8) is 0 Å². The van der Waals surface area contributed by atoms with E-state index in [9.17, 15) is 4.79 Å². The number of fused-ring (bicyclic) bond motifs is 1. The number of aromatic nitrogens is 1. The number of carbonyl (C=O) groups excluding carboxylic acids is 1. The van der Waals surface area contributed by atoms with Gasteiger partial charge >= 0.3 is 5.97 Å². The molecule has 0 atom stereocenters. The van der Waals surface area contributed by atoms with Crippen molar-refractivity contribution >= 4 is 28.6 Å². The highest BCUT2D eigenvalue weighted by atomic mass is 16.5. The van der Waals surface area contributed by atoms with E-state index in [0.29, 0.717) is 5.56 Å². The van der Waals surface area contributed by atoms with Gasteiger partial charge < -0.3 is 9.30 Å². The molecule has 28 heavy (non-hydrogen) atoms. The van der Waals surface area contributed by atoms with Crippen LogP contribution in [0.15, 0.2) is 84.0 Å². The predicted molar refractivity (Wildman–Crippen MR) is 113 cm³/mol. The zero-order valence-electron chi connectivity index (χ0n) is 15.8. The van der Waals surface area contributed by atoms with Crippen LogP contribution in [0.1, 0.15) is 21.6 Å². The Morgan fingerprint density at radius 2 is 1.79 bits per heavy atom. The summed E-state index contributed by atoms with van der Waals surface area (Å²) in [6.45, 7) is 1.97. The molecule has 3 aromatic carbocycles. The molecule has 0 radical (unpaired) electrons. The average molecular weight is 368 g/mol. The first-order valence-electron chi connectivity index (χ1n) is 9.05. The molecular formula is C24H20N2O2. The molecule has 138 valence electrons. The van der Waals surface area contributed by atoms with Gasteiger partial charge in [-0.1, -0.05) is 36.4 Å². The molecule has 4 nitrogen and oxygen atoms in total. The Morgan fingerprint density at radius 1 is 0.964 bits per heavy atom. The molecule has 0 aliphatic rings. The van der Waals surface area contributed by atoms with Gasteiger partial charge in [-0.25, -0.2) is 4.79 Å². The lowest BCUT2D eigenvalue weighted by atomic mass is 10.1. The van der Waals surface area contributed by atoms with E-state index in [-0.39, 0.29) is 5.97 Å². The van der Waals surface area contributed by atoms with Crippen LogP contribution in [0.25, 0.3) is 16.5 Å². The van der Waals surface area contributed by atoms with Crippen LogP contribution >= 0.6 is 0 Å². The third kappa shape index (κ3) is 3.45. The Kier molecular flexibility index (Phi) is 4.77. The predicted octanol–water partition coefficient (Wildman–Crippen LogP) is 5.48. The first-order chi connectivity index (χ1) is 13.7. The third-order valence-electron chi connectivity index (χ3n) is 4.76. The molecule has 1 heterocycles. The van der Waals surface area contributed by atoms with E-state index in [4.69, 9.17) is 4.74 Å². The quantitative estimate of drug-likeness (QED) is 0.354. The molecule has 0 fully saturated rings. The maximum Gasteiger partial charge on any atom is 0.337 e. The van der Waals surface area contributed by atoms with Gasteiger partial charge in [0.15, 0.2) is 0 Å². The van der Waals surface area contributed by atoms with Gasteiger partial charge in [-0.05, 0) is 59.7 Å². The van der Waals surface area contributed by atoms with E-state index in [1.54, 1.807) is 12.1 Å². The lowest BCUT2D eigenvalue weighted by molar-refractivity contribution is 0.0601. The molecule has 1 aromatic heterocycles. The summed E-state index contributed by atoms with van der Waals surface area (Å²) in [5.74, 6) is -0.365. The number of carbonyl (C=O) groups is 1. The summed E-state index contributed by atoms with van der Waals surface area (Å²) < 4.78 is 6.89. The Balaban J connectivity index is 1.69. The highest BCUT2D eigenvalue weighted by molar-refractivity contribution is 5.91. The first kappa shape index (κ1) is 17.7. The van der Waals surface area contributed by atoms with Crippen molar-refractivity contribution in [1.29, 1.82) is 0 Å². The minimum absolute atomic E-state index is 0.365. The number of methoxy groups -OCH3 is 1. The van der Waals surface area contributed by atoms with Gasteiger partial charge in [0.25, 0.3) is 0 Å². The maximum atomic E-state index is 11.8. The third-order valence-corrected chi connectivity index (χ3v) is 4.76. The minimum Gasteiger partial charge on any atom is -0.465 e. The lowest BCUT2D eigenvalue weighted by Gasteiger charge is -2.08. The average Bonchev–Trinajstić information content (AvgIpc) is 3.21. The zero-order valence-corrected chi connectivity index (χ0v) is 15.8. The molecule has 0 aliphatic heterocycles. The van der Waals surface area contributed by atoms with Crippen LogP contribution in [0.2, 0.25) is 0 Å². The van der Waals surface area contributed by atoms with Crippen LogP contribution in [-0.4, -0.2) is 23.9 Å². The Bertz CT molecular complexity index is 1190.